The average molecular weight is 348 g/mol. The third-order valence-corrected chi connectivity index (χ3v) is 4.06. The lowest BCUT2D eigenvalue weighted by molar-refractivity contribution is 0.0524. The number of anilines is 1. The Morgan fingerprint density at radius 1 is 1.12 bits per heavy atom. The van der Waals surface area contributed by atoms with Crippen LogP contribution in [0.15, 0.2) is 24.3 Å². The first-order valence-electron chi connectivity index (χ1n) is 8.80. The summed E-state index contributed by atoms with van der Waals surface area (Å²) in [6.45, 7) is 7.72. The first kappa shape index (κ1) is 19.1. The number of carbonyl (C=O) groups excluding carboxylic acids is 2. The van der Waals surface area contributed by atoms with E-state index in [-0.39, 0.29) is 11.6 Å². The summed E-state index contributed by atoms with van der Waals surface area (Å²) in [5, 5.41) is 5.41. The van der Waals surface area contributed by atoms with Gasteiger partial charge >= 0.3 is 12.2 Å². The molecule has 0 aromatic heterocycles. The van der Waals surface area contributed by atoms with Crippen molar-refractivity contribution in [2.45, 2.75) is 65.0 Å². The first-order valence-corrected chi connectivity index (χ1v) is 8.80. The van der Waals surface area contributed by atoms with Crippen molar-refractivity contribution in [3.05, 3.63) is 24.3 Å². The highest BCUT2D eigenvalue weighted by atomic mass is 16.6. The lowest BCUT2D eigenvalue weighted by atomic mass is 9.88. The van der Waals surface area contributed by atoms with Crippen molar-refractivity contribution in [3.63, 3.8) is 0 Å². The van der Waals surface area contributed by atoms with Gasteiger partial charge in [-0.25, -0.2) is 9.59 Å². The van der Waals surface area contributed by atoms with Gasteiger partial charge in [0, 0.05) is 17.3 Å². The summed E-state index contributed by atoms with van der Waals surface area (Å²) in [5.74, 6) is 0.737. The molecule has 1 saturated carbocycles. The van der Waals surface area contributed by atoms with Crippen molar-refractivity contribution in [1.82, 2.24) is 5.32 Å². The van der Waals surface area contributed by atoms with Gasteiger partial charge in [-0.05, 0) is 58.1 Å². The quantitative estimate of drug-likeness (QED) is 0.830. The van der Waals surface area contributed by atoms with Gasteiger partial charge in [0.1, 0.15) is 11.9 Å². The van der Waals surface area contributed by atoms with Gasteiger partial charge in [0.25, 0.3) is 0 Å². The maximum Gasteiger partial charge on any atom is 0.413 e. The van der Waals surface area contributed by atoms with Crippen LogP contribution in [0, 0.1) is 5.92 Å². The van der Waals surface area contributed by atoms with Crippen LogP contribution in [0.4, 0.5) is 15.3 Å². The monoisotopic (exact) mass is 348 g/mol. The SMILES string of the molecule is CC1CCCCC1OC(=O)Nc1cccc(OC(=O)NC(C)(C)C)c1. The van der Waals surface area contributed by atoms with Gasteiger partial charge < -0.3 is 14.8 Å². The van der Waals surface area contributed by atoms with Crippen LogP contribution in [0.1, 0.15) is 53.4 Å². The van der Waals surface area contributed by atoms with Crippen molar-refractivity contribution < 1.29 is 19.1 Å². The van der Waals surface area contributed by atoms with E-state index in [0.717, 1.165) is 19.3 Å². The molecule has 0 saturated heterocycles. The van der Waals surface area contributed by atoms with E-state index in [0.29, 0.717) is 17.4 Å². The van der Waals surface area contributed by atoms with Gasteiger partial charge in [-0.15, -0.1) is 0 Å². The Bertz CT molecular complexity index is 610. The zero-order valence-corrected chi connectivity index (χ0v) is 15.4. The summed E-state index contributed by atoms with van der Waals surface area (Å²) in [4.78, 5) is 23.9. The second-order valence-electron chi connectivity index (χ2n) is 7.62. The smallest absolute Gasteiger partial charge is 0.413 e. The Kier molecular flexibility index (Phi) is 6.28. The van der Waals surface area contributed by atoms with E-state index in [1.54, 1.807) is 24.3 Å². The normalized spacial score (nSPS) is 20.5. The van der Waals surface area contributed by atoms with Gasteiger partial charge in [0.2, 0.25) is 0 Å². The summed E-state index contributed by atoms with van der Waals surface area (Å²) in [6.07, 6.45) is 3.23. The van der Waals surface area contributed by atoms with E-state index in [1.807, 2.05) is 20.8 Å². The topological polar surface area (TPSA) is 76.7 Å². The Morgan fingerprint density at radius 3 is 2.52 bits per heavy atom. The Balaban J connectivity index is 1.90. The molecule has 1 aliphatic rings. The highest BCUT2D eigenvalue weighted by Gasteiger charge is 2.24. The zero-order chi connectivity index (χ0) is 18.4. The molecule has 0 spiro atoms. The highest BCUT2D eigenvalue weighted by molar-refractivity contribution is 5.85. The van der Waals surface area contributed by atoms with E-state index in [1.165, 1.54) is 6.42 Å². The third kappa shape index (κ3) is 6.64. The lowest BCUT2D eigenvalue weighted by Gasteiger charge is -2.28. The Hall–Kier alpha value is -2.24. The molecule has 1 fully saturated rings. The van der Waals surface area contributed by atoms with Crippen LogP contribution in [0.2, 0.25) is 0 Å². The van der Waals surface area contributed by atoms with Gasteiger partial charge in [0.15, 0.2) is 0 Å². The molecule has 6 heteroatoms. The summed E-state index contributed by atoms with van der Waals surface area (Å²) >= 11 is 0. The summed E-state index contributed by atoms with van der Waals surface area (Å²) in [5.41, 5.74) is 0.141. The highest BCUT2D eigenvalue weighted by Crippen LogP contribution is 2.27. The van der Waals surface area contributed by atoms with E-state index in [4.69, 9.17) is 9.47 Å². The average Bonchev–Trinajstić information content (AvgIpc) is 2.48. The third-order valence-electron chi connectivity index (χ3n) is 4.06. The van der Waals surface area contributed by atoms with Crippen LogP contribution in [0.3, 0.4) is 0 Å². The molecule has 1 aliphatic carbocycles. The molecule has 2 rings (SSSR count). The van der Waals surface area contributed by atoms with Crippen LogP contribution in [-0.2, 0) is 4.74 Å². The summed E-state index contributed by atoms with van der Waals surface area (Å²) in [7, 11) is 0. The number of carbonyl (C=O) groups is 2. The number of amides is 2. The number of rotatable bonds is 3. The molecule has 0 aliphatic heterocycles. The van der Waals surface area contributed by atoms with Crippen LogP contribution in [0.25, 0.3) is 0 Å². The van der Waals surface area contributed by atoms with E-state index < -0.39 is 12.2 Å². The van der Waals surface area contributed by atoms with Crippen LogP contribution in [0.5, 0.6) is 5.75 Å². The fraction of sp³-hybridized carbons (Fsp3) is 0.579. The minimum atomic E-state index is -0.539. The molecule has 1 aromatic rings. The predicted octanol–water partition coefficient (Wildman–Crippen LogP) is 4.70. The second-order valence-corrected chi connectivity index (χ2v) is 7.62. The number of hydrogen-bond acceptors (Lipinski definition) is 4. The molecule has 1 aromatic carbocycles. The molecule has 2 atom stereocenters. The first-order chi connectivity index (χ1) is 11.7. The maximum absolute atomic E-state index is 12.1. The molecule has 0 heterocycles. The van der Waals surface area contributed by atoms with E-state index in [2.05, 4.69) is 17.6 Å². The fourth-order valence-corrected chi connectivity index (χ4v) is 2.82. The van der Waals surface area contributed by atoms with Crippen LogP contribution < -0.4 is 15.4 Å². The molecule has 0 radical (unpaired) electrons. The number of hydrogen-bond donors (Lipinski definition) is 2. The molecule has 2 amide bonds. The molecule has 6 nitrogen and oxygen atoms in total. The molecular weight excluding hydrogens is 320 g/mol. The standard InChI is InChI=1S/C19H28N2O4/c1-13-8-5-6-11-16(13)25-17(22)20-14-9-7-10-15(12-14)24-18(23)21-19(2,3)4/h7,9-10,12-13,16H,5-6,8,11H2,1-4H3,(H,20,22)(H,21,23). The van der Waals surface area contributed by atoms with Gasteiger partial charge in [-0.1, -0.05) is 19.4 Å². The van der Waals surface area contributed by atoms with E-state index in [9.17, 15) is 9.59 Å². The van der Waals surface area contributed by atoms with Crippen LogP contribution in [-0.4, -0.2) is 23.8 Å². The fourth-order valence-electron chi connectivity index (χ4n) is 2.82. The summed E-state index contributed by atoms with van der Waals surface area (Å²) in [6, 6.07) is 6.67. The van der Waals surface area contributed by atoms with Crippen molar-refractivity contribution >= 4 is 17.9 Å². The largest absolute Gasteiger partial charge is 0.446 e. The zero-order valence-electron chi connectivity index (χ0n) is 15.4. The minimum absolute atomic E-state index is 0.0363. The molecule has 2 N–H and O–H groups in total. The molecule has 0 bridgehead atoms. The van der Waals surface area contributed by atoms with Gasteiger partial charge in [-0.2, -0.15) is 0 Å². The van der Waals surface area contributed by atoms with Crippen LogP contribution >= 0.6 is 0 Å². The van der Waals surface area contributed by atoms with E-state index >= 15 is 0 Å². The molecule has 25 heavy (non-hydrogen) atoms. The second kappa shape index (κ2) is 8.23. The molecular formula is C19H28N2O4. The molecule has 2 unspecified atom stereocenters. The van der Waals surface area contributed by atoms with Gasteiger partial charge in [-0.3, -0.25) is 5.32 Å². The number of benzene rings is 1. The molecule has 138 valence electrons. The summed E-state index contributed by atoms with van der Waals surface area (Å²) < 4.78 is 10.8. The Morgan fingerprint density at radius 2 is 1.84 bits per heavy atom. The lowest BCUT2D eigenvalue weighted by Crippen LogP contribution is -2.42. The van der Waals surface area contributed by atoms with Gasteiger partial charge in [0.05, 0.1) is 0 Å². The number of ether oxygens (including phenoxy) is 2. The Labute approximate surface area is 149 Å². The van der Waals surface area contributed by atoms with Crippen molar-refractivity contribution in [1.29, 1.82) is 0 Å². The maximum atomic E-state index is 12.1. The van der Waals surface area contributed by atoms with Crippen molar-refractivity contribution in [2.75, 3.05) is 5.32 Å². The van der Waals surface area contributed by atoms with Crippen molar-refractivity contribution in [2.24, 2.45) is 5.92 Å². The van der Waals surface area contributed by atoms with Crippen molar-refractivity contribution in [3.8, 4) is 5.75 Å². The minimum Gasteiger partial charge on any atom is -0.446 e. The number of nitrogens with one attached hydrogen (secondary N) is 2. The predicted molar refractivity (Wildman–Crippen MR) is 96.9 cm³/mol.